The largest absolute Gasteiger partial charge is 0.508 e. The van der Waals surface area contributed by atoms with Gasteiger partial charge in [0.05, 0.1) is 15.5 Å². The average molecular weight is 512 g/mol. The first-order valence-corrected chi connectivity index (χ1v) is 13.2. The van der Waals surface area contributed by atoms with Crippen molar-refractivity contribution < 1.29 is 32.2 Å². The van der Waals surface area contributed by atoms with Gasteiger partial charge in [0.25, 0.3) is 20.0 Å². The predicted octanol–water partition coefficient (Wildman–Crippen LogP) is 4.36. The van der Waals surface area contributed by atoms with Crippen LogP contribution >= 0.6 is 0 Å². The summed E-state index contributed by atoms with van der Waals surface area (Å²) in [6.45, 7) is 1.57. The van der Waals surface area contributed by atoms with Gasteiger partial charge in [-0.1, -0.05) is 48.5 Å². The van der Waals surface area contributed by atoms with Crippen molar-refractivity contribution in [3.63, 3.8) is 0 Å². The number of anilines is 1. The quantitative estimate of drug-likeness (QED) is 0.328. The van der Waals surface area contributed by atoms with E-state index in [0.29, 0.717) is 5.56 Å². The molecule has 0 saturated carbocycles. The van der Waals surface area contributed by atoms with Crippen LogP contribution in [0.5, 0.6) is 17.2 Å². The van der Waals surface area contributed by atoms with E-state index >= 15 is 0 Å². The second kappa shape index (κ2) is 8.97. The van der Waals surface area contributed by atoms with Crippen LogP contribution in [0.3, 0.4) is 0 Å². The molecular weight excluding hydrogens is 490 g/mol. The van der Waals surface area contributed by atoms with Gasteiger partial charge in [-0.15, -0.1) is 0 Å². The van der Waals surface area contributed by atoms with Crippen LogP contribution in [0, 0.1) is 6.92 Å². The van der Waals surface area contributed by atoms with Crippen LogP contribution in [0.25, 0.3) is 11.1 Å². The Bertz CT molecular complexity index is 1520. The predicted molar refractivity (Wildman–Crippen MR) is 131 cm³/mol. The molecule has 4 aromatic carbocycles. The number of rotatable bonds is 6. The summed E-state index contributed by atoms with van der Waals surface area (Å²) in [5, 5.41) is 29.5. The van der Waals surface area contributed by atoms with E-state index in [0.717, 1.165) is 35.4 Å². The first kappa shape index (κ1) is 24.1. The third kappa shape index (κ3) is 4.53. The number of nitrogens with zero attached hydrogens (tertiary/aromatic N) is 1. The van der Waals surface area contributed by atoms with Crippen molar-refractivity contribution in [3.8, 4) is 28.4 Å². The molecule has 0 saturated heterocycles. The van der Waals surface area contributed by atoms with E-state index in [-0.39, 0.29) is 15.1 Å². The van der Waals surface area contributed by atoms with Crippen LogP contribution < -0.4 is 3.71 Å². The highest BCUT2D eigenvalue weighted by Crippen LogP contribution is 2.36. The molecule has 0 aliphatic rings. The normalized spacial score (nSPS) is 11.8. The summed E-state index contributed by atoms with van der Waals surface area (Å²) >= 11 is 0. The summed E-state index contributed by atoms with van der Waals surface area (Å²) in [7, 11) is -9.57. The number of hydrogen-bond acceptors (Lipinski definition) is 7. The lowest BCUT2D eigenvalue weighted by atomic mass is 10.1. The number of hydrogen-bond donors (Lipinski definition) is 3. The molecule has 180 valence electrons. The number of benzene rings is 4. The van der Waals surface area contributed by atoms with Crippen molar-refractivity contribution >= 4 is 25.7 Å². The van der Waals surface area contributed by atoms with E-state index < -0.39 is 41.3 Å². The van der Waals surface area contributed by atoms with Crippen LogP contribution in [0.1, 0.15) is 5.56 Å². The SMILES string of the molecule is Cc1ccc(S(=O)(=O)N(c2ccc(-c3ccccc3)cc2)S(=O)(=O)c2ccc(O)c(O)c2)cc1O. The molecule has 10 heteroatoms. The molecular formula is C25H21NO7S2. The van der Waals surface area contributed by atoms with Gasteiger partial charge in [0.1, 0.15) is 5.75 Å². The Morgan fingerprint density at radius 1 is 0.571 bits per heavy atom. The lowest BCUT2D eigenvalue weighted by Crippen LogP contribution is -2.37. The Morgan fingerprint density at radius 2 is 1.09 bits per heavy atom. The highest BCUT2D eigenvalue weighted by molar-refractivity contribution is 8.10. The Morgan fingerprint density at radius 3 is 1.63 bits per heavy atom. The molecule has 4 aromatic rings. The number of aromatic hydroxyl groups is 3. The first-order valence-electron chi connectivity index (χ1n) is 10.3. The van der Waals surface area contributed by atoms with E-state index in [1.54, 1.807) is 19.1 Å². The Kier molecular flexibility index (Phi) is 6.18. The zero-order chi connectivity index (χ0) is 25.4. The van der Waals surface area contributed by atoms with Gasteiger partial charge in [0.2, 0.25) is 0 Å². The monoisotopic (exact) mass is 511 g/mol. The van der Waals surface area contributed by atoms with E-state index in [4.69, 9.17) is 0 Å². The van der Waals surface area contributed by atoms with Gasteiger partial charge in [0, 0.05) is 12.1 Å². The van der Waals surface area contributed by atoms with Crippen LogP contribution in [0.15, 0.2) is 101 Å². The summed E-state index contributed by atoms with van der Waals surface area (Å²) < 4.78 is 54.8. The molecule has 0 spiro atoms. The summed E-state index contributed by atoms with van der Waals surface area (Å²) in [4.78, 5) is -1.00. The van der Waals surface area contributed by atoms with Crippen LogP contribution in [-0.4, -0.2) is 32.2 Å². The summed E-state index contributed by atoms with van der Waals surface area (Å²) in [5.41, 5.74) is 1.81. The van der Waals surface area contributed by atoms with Gasteiger partial charge >= 0.3 is 0 Å². The smallest absolute Gasteiger partial charge is 0.277 e. The van der Waals surface area contributed by atoms with Crippen molar-refractivity contribution in [2.45, 2.75) is 16.7 Å². The van der Waals surface area contributed by atoms with E-state index in [1.807, 2.05) is 30.3 Å². The van der Waals surface area contributed by atoms with Gasteiger partial charge in [-0.3, -0.25) is 0 Å². The fourth-order valence-corrected chi connectivity index (χ4v) is 7.15. The molecule has 0 aliphatic heterocycles. The molecule has 0 aliphatic carbocycles. The molecule has 0 bridgehead atoms. The van der Waals surface area contributed by atoms with Gasteiger partial charge < -0.3 is 15.3 Å². The van der Waals surface area contributed by atoms with Crippen LogP contribution in [0.4, 0.5) is 5.69 Å². The van der Waals surface area contributed by atoms with E-state index in [2.05, 4.69) is 0 Å². The fourth-order valence-electron chi connectivity index (χ4n) is 3.42. The molecule has 35 heavy (non-hydrogen) atoms. The van der Waals surface area contributed by atoms with Crippen LogP contribution in [-0.2, 0) is 20.0 Å². The lowest BCUT2D eigenvalue weighted by molar-refractivity contribution is 0.402. The number of phenols is 3. The van der Waals surface area contributed by atoms with Crippen molar-refractivity contribution in [2.24, 2.45) is 0 Å². The minimum atomic E-state index is -4.81. The van der Waals surface area contributed by atoms with Gasteiger partial charge in [-0.05, 0) is 53.9 Å². The van der Waals surface area contributed by atoms with Crippen molar-refractivity contribution in [2.75, 3.05) is 3.71 Å². The molecule has 0 aromatic heterocycles. The molecule has 3 N–H and O–H groups in total. The van der Waals surface area contributed by atoms with Gasteiger partial charge in [-0.25, -0.2) is 16.8 Å². The molecule has 0 fully saturated rings. The zero-order valence-electron chi connectivity index (χ0n) is 18.4. The van der Waals surface area contributed by atoms with Gasteiger partial charge in [-0.2, -0.15) is 3.71 Å². The van der Waals surface area contributed by atoms with Crippen molar-refractivity contribution in [1.82, 2.24) is 0 Å². The number of phenolic OH excluding ortho intramolecular Hbond substituents is 3. The number of aryl methyl sites for hydroxylation is 1. The fraction of sp³-hybridized carbons (Fsp3) is 0.0400. The van der Waals surface area contributed by atoms with Crippen LogP contribution in [0.2, 0.25) is 0 Å². The molecule has 4 rings (SSSR count). The molecule has 0 heterocycles. The number of sulfonamides is 2. The maximum absolute atomic E-state index is 13.6. The maximum atomic E-state index is 13.6. The summed E-state index contributed by atoms with van der Waals surface area (Å²) in [6.07, 6.45) is 0. The molecule has 8 nitrogen and oxygen atoms in total. The lowest BCUT2D eigenvalue weighted by Gasteiger charge is -2.24. The molecule has 0 amide bonds. The average Bonchev–Trinajstić information content (AvgIpc) is 2.83. The van der Waals surface area contributed by atoms with Crippen molar-refractivity contribution in [1.29, 1.82) is 0 Å². The highest BCUT2D eigenvalue weighted by Gasteiger charge is 2.37. The van der Waals surface area contributed by atoms with E-state index in [9.17, 15) is 32.2 Å². The Balaban J connectivity index is 1.91. The topological polar surface area (TPSA) is 132 Å². The molecule has 0 unspecified atom stereocenters. The standard InChI is InChI=1S/C25H21NO7S2/c1-17-7-12-21(15-24(17)28)34(30,31)26(35(32,33)22-13-14-23(27)25(29)16-22)20-10-8-19(9-11-20)18-5-3-2-4-6-18/h2-16,27-29H,1H3. The highest BCUT2D eigenvalue weighted by atomic mass is 32.3. The van der Waals surface area contributed by atoms with Gasteiger partial charge in [0.15, 0.2) is 11.5 Å². The summed E-state index contributed by atoms with van der Waals surface area (Å²) in [5.74, 6) is -1.60. The molecule has 0 radical (unpaired) electrons. The molecule has 0 atom stereocenters. The third-order valence-corrected chi connectivity index (χ3v) is 9.52. The minimum absolute atomic E-state index is 0.183. The summed E-state index contributed by atoms with van der Waals surface area (Å²) in [6, 6.07) is 21.3. The second-order valence-electron chi connectivity index (χ2n) is 7.72. The first-order chi connectivity index (χ1) is 16.5. The Hall–Kier alpha value is -4.02. The third-order valence-electron chi connectivity index (χ3n) is 5.35. The maximum Gasteiger partial charge on any atom is 0.277 e. The van der Waals surface area contributed by atoms with Crippen molar-refractivity contribution in [3.05, 3.63) is 96.6 Å². The Labute approximate surface area is 203 Å². The van der Waals surface area contributed by atoms with E-state index in [1.165, 1.54) is 24.3 Å². The zero-order valence-corrected chi connectivity index (χ0v) is 20.0. The minimum Gasteiger partial charge on any atom is -0.508 e. The second-order valence-corrected chi connectivity index (χ2v) is 11.5.